The van der Waals surface area contributed by atoms with Crippen molar-refractivity contribution in [3.63, 3.8) is 0 Å². The van der Waals surface area contributed by atoms with Gasteiger partial charge < -0.3 is 5.32 Å². The maximum absolute atomic E-state index is 4.62. The van der Waals surface area contributed by atoms with Gasteiger partial charge in [0.15, 0.2) is 0 Å². The van der Waals surface area contributed by atoms with E-state index in [9.17, 15) is 0 Å². The van der Waals surface area contributed by atoms with Gasteiger partial charge in [0.1, 0.15) is 11.6 Å². The van der Waals surface area contributed by atoms with Crippen molar-refractivity contribution in [3.8, 4) is 0 Å². The fraction of sp³-hybridized carbons (Fsp3) is 0.429. The Bertz CT molecular complexity index is 552. The van der Waals surface area contributed by atoms with Crippen LogP contribution in [0.4, 0.5) is 5.82 Å². The lowest BCUT2D eigenvalue weighted by molar-refractivity contribution is 0.576. The summed E-state index contributed by atoms with van der Waals surface area (Å²) in [5.41, 5.74) is 0.997. The van der Waals surface area contributed by atoms with Gasteiger partial charge in [0.2, 0.25) is 0 Å². The number of hydrogen-bond acceptors (Lipinski definition) is 3. The van der Waals surface area contributed by atoms with E-state index in [-0.39, 0.29) is 0 Å². The Kier molecular flexibility index (Phi) is 4.17. The number of benzene rings is 1. The molecule has 0 aliphatic heterocycles. The molecule has 1 N–H and O–H groups in total. The van der Waals surface area contributed by atoms with Gasteiger partial charge in [0.25, 0.3) is 0 Å². The van der Waals surface area contributed by atoms with Crippen LogP contribution in [-0.2, 0) is 6.42 Å². The van der Waals surface area contributed by atoms with Crippen molar-refractivity contribution in [2.45, 2.75) is 26.7 Å². The number of rotatable bonds is 4. The van der Waals surface area contributed by atoms with E-state index in [0.29, 0.717) is 5.92 Å². The number of aromatic nitrogens is 2. The second kappa shape index (κ2) is 5.65. The Labute approximate surface area is 116 Å². The van der Waals surface area contributed by atoms with Crippen LogP contribution in [-0.4, -0.2) is 17.0 Å². The third kappa shape index (κ3) is 2.99. The standard InChI is InChI=1S/C14H18BrN3/c1-9(2)4-7-13-17-12-6-5-10(15)8-11(12)14(16-3)18-13/h5-6,8-9H,4,7H2,1-3H3,(H,16,17,18). The highest BCUT2D eigenvalue weighted by molar-refractivity contribution is 9.10. The van der Waals surface area contributed by atoms with Crippen LogP contribution in [0.5, 0.6) is 0 Å². The maximum atomic E-state index is 4.62. The van der Waals surface area contributed by atoms with Crippen molar-refractivity contribution in [3.05, 3.63) is 28.5 Å². The molecule has 0 amide bonds. The zero-order valence-electron chi connectivity index (χ0n) is 11.0. The van der Waals surface area contributed by atoms with E-state index in [0.717, 1.165) is 39.9 Å². The van der Waals surface area contributed by atoms with E-state index in [1.165, 1.54) is 0 Å². The molecule has 0 unspecified atom stereocenters. The quantitative estimate of drug-likeness (QED) is 0.927. The first-order chi connectivity index (χ1) is 8.60. The SMILES string of the molecule is CNc1nc(CCC(C)C)nc2ccc(Br)cc12. The molecule has 1 aromatic carbocycles. The summed E-state index contributed by atoms with van der Waals surface area (Å²) in [5.74, 6) is 2.50. The maximum Gasteiger partial charge on any atom is 0.137 e. The summed E-state index contributed by atoms with van der Waals surface area (Å²) in [6, 6.07) is 6.09. The molecule has 0 radical (unpaired) electrons. The Morgan fingerprint density at radius 1 is 1.28 bits per heavy atom. The van der Waals surface area contributed by atoms with Gasteiger partial charge in [-0.15, -0.1) is 0 Å². The molecule has 1 heterocycles. The molecule has 0 aliphatic carbocycles. The minimum Gasteiger partial charge on any atom is -0.373 e. The number of nitrogens with zero attached hydrogens (tertiary/aromatic N) is 2. The van der Waals surface area contributed by atoms with Crippen LogP contribution in [0.1, 0.15) is 26.1 Å². The summed E-state index contributed by atoms with van der Waals surface area (Å²) in [6.45, 7) is 4.44. The van der Waals surface area contributed by atoms with Crippen LogP contribution in [0, 0.1) is 5.92 Å². The molecule has 0 atom stereocenters. The molecule has 2 aromatic rings. The van der Waals surface area contributed by atoms with E-state index in [4.69, 9.17) is 0 Å². The predicted molar refractivity (Wildman–Crippen MR) is 79.9 cm³/mol. The first kappa shape index (κ1) is 13.3. The van der Waals surface area contributed by atoms with Gasteiger partial charge in [-0.25, -0.2) is 9.97 Å². The van der Waals surface area contributed by atoms with Gasteiger partial charge in [-0.05, 0) is 30.5 Å². The number of aryl methyl sites for hydroxylation is 1. The van der Waals surface area contributed by atoms with Crippen molar-refractivity contribution in [2.24, 2.45) is 5.92 Å². The van der Waals surface area contributed by atoms with Gasteiger partial charge >= 0.3 is 0 Å². The summed E-state index contributed by atoms with van der Waals surface area (Å²) in [7, 11) is 1.90. The summed E-state index contributed by atoms with van der Waals surface area (Å²) >= 11 is 3.48. The largest absolute Gasteiger partial charge is 0.373 e. The molecule has 0 spiro atoms. The van der Waals surface area contributed by atoms with Crippen molar-refractivity contribution in [1.82, 2.24) is 9.97 Å². The van der Waals surface area contributed by atoms with Crippen LogP contribution in [0.25, 0.3) is 10.9 Å². The molecule has 4 heteroatoms. The number of hydrogen-bond donors (Lipinski definition) is 1. The molecule has 0 fully saturated rings. The smallest absolute Gasteiger partial charge is 0.137 e. The molecule has 0 saturated carbocycles. The van der Waals surface area contributed by atoms with Gasteiger partial charge in [0, 0.05) is 23.3 Å². The molecular weight excluding hydrogens is 290 g/mol. The molecular formula is C14H18BrN3. The Morgan fingerprint density at radius 2 is 2.06 bits per heavy atom. The van der Waals surface area contributed by atoms with E-state index in [1.807, 2.05) is 25.2 Å². The van der Waals surface area contributed by atoms with Crippen molar-refractivity contribution < 1.29 is 0 Å². The van der Waals surface area contributed by atoms with Crippen LogP contribution >= 0.6 is 15.9 Å². The average molecular weight is 308 g/mol. The van der Waals surface area contributed by atoms with Gasteiger partial charge in [-0.2, -0.15) is 0 Å². The summed E-state index contributed by atoms with van der Waals surface area (Å²) in [4.78, 5) is 9.21. The van der Waals surface area contributed by atoms with E-state index >= 15 is 0 Å². The first-order valence-electron chi connectivity index (χ1n) is 6.24. The number of halogens is 1. The lowest BCUT2D eigenvalue weighted by Gasteiger charge is -2.09. The van der Waals surface area contributed by atoms with Crippen LogP contribution in [0.15, 0.2) is 22.7 Å². The fourth-order valence-electron chi connectivity index (χ4n) is 1.87. The topological polar surface area (TPSA) is 37.8 Å². The van der Waals surface area contributed by atoms with Gasteiger partial charge in [0.05, 0.1) is 5.52 Å². The minimum absolute atomic E-state index is 0.673. The van der Waals surface area contributed by atoms with E-state index in [1.54, 1.807) is 0 Å². The van der Waals surface area contributed by atoms with Crippen LogP contribution in [0.2, 0.25) is 0 Å². The lowest BCUT2D eigenvalue weighted by atomic mass is 10.1. The highest BCUT2D eigenvalue weighted by Crippen LogP contribution is 2.24. The molecule has 3 nitrogen and oxygen atoms in total. The second-order valence-corrected chi connectivity index (χ2v) is 5.75. The molecule has 96 valence electrons. The third-order valence-corrected chi connectivity index (χ3v) is 3.38. The van der Waals surface area contributed by atoms with Gasteiger partial charge in [-0.3, -0.25) is 0 Å². The Morgan fingerprint density at radius 3 is 2.72 bits per heavy atom. The van der Waals surface area contributed by atoms with E-state index in [2.05, 4.69) is 45.1 Å². The average Bonchev–Trinajstić information content (AvgIpc) is 2.35. The summed E-state index contributed by atoms with van der Waals surface area (Å²) < 4.78 is 1.05. The second-order valence-electron chi connectivity index (χ2n) is 4.83. The monoisotopic (exact) mass is 307 g/mol. The summed E-state index contributed by atoms with van der Waals surface area (Å²) in [6.07, 6.45) is 2.05. The zero-order valence-corrected chi connectivity index (χ0v) is 12.6. The molecule has 18 heavy (non-hydrogen) atoms. The minimum atomic E-state index is 0.673. The first-order valence-corrected chi connectivity index (χ1v) is 7.03. The van der Waals surface area contributed by atoms with E-state index < -0.39 is 0 Å². The van der Waals surface area contributed by atoms with Gasteiger partial charge in [-0.1, -0.05) is 29.8 Å². The zero-order chi connectivity index (χ0) is 13.1. The summed E-state index contributed by atoms with van der Waals surface area (Å²) in [5, 5.41) is 4.21. The third-order valence-electron chi connectivity index (χ3n) is 2.89. The molecule has 0 aliphatic rings. The Hall–Kier alpha value is -1.16. The molecule has 2 rings (SSSR count). The lowest BCUT2D eigenvalue weighted by Crippen LogP contribution is -2.03. The molecule has 0 saturated heterocycles. The molecule has 0 bridgehead atoms. The molecule has 1 aromatic heterocycles. The highest BCUT2D eigenvalue weighted by atomic mass is 79.9. The number of anilines is 1. The number of fused-ring (bicyclic) bond motifs is 1. The number of nitrogens with one attached hydrogen (secondary N) is 1. The Balaban J connectivity index is 2.43. The normalized spacial score (nSPS) is 11.2. The van der Waals surface area contributed by atoms with Crippen molar-refractivity contribution in [1.29, 1.82) is 0 Å². The van der Waals surface area contributed by atoms with Crippen LogP contribution in [0.3, 0.4) is 0 Å². The van der Waals surface area contributed by atoms with Crippen molar-refractivity contribution in [2.75, 3.05) is 12.4 Å². The predicted octanol–water partition coefficient (Wildman–Crippen LogP) is 4.02. The fourth-order valence-corrected chi connectivity index (χ4v) is 2.23. The van der Waals surface area contributed by atoms with Crippen LogP contribution < -0.4 is 5.32 Å². The highest BCUT2D eigenvalue weighted by Gasteiger charge is 2.07. The van der Waals surface area contributed by atoms with Crippen molar-refractivity contribution >= 4 is 32.7 Å².